The van der Waals surface area contributed by atoms with Gasteiger partial charge in [0.05, 0.1) is 0 Å². The first-order valence-corrected chi connectivity index (χ1v) is 9.44. The first-order chi connectivity index (χ1) is 12.7. The largest absolute Gasteiger partial charge is 0.348 e. The highest BCUT2D eigenvalue weighted by molar-refractivity contribution is 5.94. The third-order valence-electron chi connectivity index (χ3n) is 5.62. The van der Waals surface area contributed by atoms with Gasteiger partial charge in [-0.2, -0.15) is 5.10 Å². The van der Waals surface area contributed by atoms with Gasteiger partial charge in [0.25, 0.3) is 5.91 Å². The number of pyridine rings is 1. The third kappa shape index (κ3) is 4.31. The Bertz CT molecular complexity index is 757. The maximum atomic E-state index is 12.6. The predicted molar refractivity (Wildman–Crippen MR) is 106 cm³/mol. The number of aromatic nitrogens is 3. The summed E-state index contributed by atoms with van der Waals surface area (Å²) < 4.78 is 0. The van der Waals surface area contributed by atoms with Gasteiger partial charge in [0.1, 0.15) is 0 Å². The number of hydrogen-bond donors (Lipinski definition) is 3. The van der Waals surface area contributed by atoms with E-state index in [1.807, 2.05) is 12.4 Å². The maximum Gasteiger partial charge on any atom is 0.272 e. The fourth-order valence-electron chi connectivity index (χ4n) is 3.95. The van der Waals surface area contributed by atoms with Gasteiger partial charge in [-0.05, 0) is 37.5 Å². The molecule has 0 bridgehead atoms. The molecule has 4 heterocycles. The van der Waals surface area contributed by atoms with Gasteiger partial charge in [0, 0.05) is 68.3 Å². The number of nitrogens with zero attached hydrogens (tertiary/aromatic N) is 3. The number of amides is 1. The van der Waals surface area contributed by atoms with E-state index in [0.717, 1.165) is 56.7 Å². The second-order valence-corrected chi connectivity index (χ2v) is 7.20. The highest BCUT2D eigenvalue weighted by Gasteiger charge is 2.27. The van der Waals surface area contributed by atoms with Crippen molar-refractivity contribution in [1.29, 1.82) is 0 Å². The molecule has 0 spiro atoms. The number of piperidine rings is 1. The Kier molecular flexibility index (Phi) is 6.46. The number of likely N-dealkylation sites (tertiary alicyclic amines) is 1. The minimum Gasteiger partial charge on any atom is -0.348 e. The summed E-state index contributed by atoms with van der Waals surface area (Å²) in [6.45, 7) is 5.85. The van der Waals surface area contributed by atoms with Crippen molar-refractivity contribution in [3.8, 4) is 0 Å². The molecule has 0 radical (unpaired) electrons. The fraction of sp³-hybridized carbons (Fsp3) is 0.526. The first kappa shape index (κ1) is 19.8. The minimum absolute atomic E-state index is 0. The smallest absolute Gasteiger partial charge is 0.272 e. The average Bonchev–Trinajstić information content (AvgIpc) is 3.13. The SMILES string of the molecule is CC(c1ccncc1)N1CCC(NC(=O)c2n[nH]c3c2CNCC3)CC1.Cl. The van der Waals surface area contributed by atoms with Crippen molar-refractivity contribution in [3.05, 3.63) is 47.0 Å². The lowest BCUT2D eigenvalue weighted by molar-refractivity contribution is 0.0890. The van der Waals surface area contributed by atoms with E-state index in [-0.39, 0.29) is 24.4 Å². The summed E-state index contributed by atoms with van der Waals surface area (Å²) in [5.41, 5.74) is 3.96. The number of aromatic amines is 1. The van der Waals surface area contributed by atoms with Gasteiger partial charge in [0.15, 0.2) is 5.69 Å². The molecular weight excluding hydrogens is 364 g/mol. The van der Waals surface area contributed by atoms with Gasteiger partial charge in [-0.3, -0.25) is 19.8 Å². The predicted octanol–water partition coefficient (Wildman–Crippen LogP) is 1.83. The van der Waals surface area contributed by atoms with Crippen LogP contribution in [0.5, 0.6) is 0 Å². The quantitative estimate of drug-likeness (QED) is 0.741. The summed E-state index contributed by atoms with van der Waals surface area (Å²) in [4.78, 5) is 19.2. The second-order valence-electron chi connectivity index (χ2n) is 7.20. The van der Waals surface area contributed by atoms with Crippen LogP contribution in [-0.4, -0.2) is 51.7 Å². The number of carbonyl (C=O) groups excluding carboxylic acids is 1. The number of carbonyl (C=O) groups is 1. The summed E-state index contributed by atoms with van der Waals surface area (Å²) in [6, 6.07) is 4.74. The Labute approximate surface area is 165 Å². The molecule has 1 unspecified atom stereocenters. The molecule has 0 aliphatic carbocycles. The molecule has 1 amide bonds. The molecule has 1 fully saturated rings. The minimum atomic E-state index is -0.0492. The van der Waals surface area contributed by atoms with Crippen molar-refractivity contribution in [2.45, 2.75) is 44.8 Å². The van der Waals surface area contributed by atoms with Crippen LogP contribution >= 0.6 is 12.4 Å². The van der Waals surface area contributed by atoms with Crippen molar-refractivity contribution in [1.82, 2.24) is 30.7 Å². The Balaban J connectivity index is 0.00000210. The van der Waals surface area contributed by atoms with E-state index in [2.05, 4.69) is 49.8 Å². The molecule has 27 heavy (non-hydrogen) atoms. The molecule has 0 saturated carbocycles. The Morgan fingerprint density at radius 2 is 2.04 bits per heavy atom. The molecule has 2 aromatic heterocycles. The summed E-state index contributed by atoms with van der Waals surface area (Å²) in [7, 11) is 0. The number of H-pyrrole nitrogens is 1. The number of halogens is 1. The molecule has 146 valence electrons. The summed E-state index contributed by atoms with van der Waals surface area (Å²) >= 11 is 0. The molecule has 4 rings (SSSR count). The van der Waals surface area contributed by atoms with Gasteiger partial charge in [-0.25, -0.2) is 0 Å². The fourth-order valence-corrected chi connectivity index (χ4v) is 3.95. The van der Waals surface area contributed by atoms with Crippen LogP contribution in [0.4, 0.5) is 0 Å². The molecule has 8 heteroatoms. The molecule has 2 aromatic rings. The number of rotatable bonds is 4. The molecule has 2 aliphatic heterocycles. The lowest BCUT2D eigenvalue weighted by Gasteiger charge is -2.36. The normalized spacial score (nSPS) is 19.0. The van der Waals surface area contributed by atoms with Gasteiger partial charge in [0.2, 0.25) is 0 Å². The van der Waals surface area contributed by atoms with E-state index in [1.54, 1.807) is 0 Å². The molecule has 7 nitrogen and oxygen atoms in total. The molecule has 1 saturated heterocycles. The number of hydrogen-bond acceptors (Lipinski definition) is 5. The Morgan fingerprint density at radius 3 is 2.78 bits per heavy atom. The highest BCUT2D eigenvalue weighted by Crippen LogP contribution is 2.24. The maximum absolute atomic E-state index is 12.6. The van der Waals surface area contributed by atoms with Crippen LogP contribution < -0.4 is 10.6 Å². The zero-order valence-electron chi connectivity index (χ0n) is 15.6. The van der Waals surface area contributed by atoms with E-state index in [0.29, 0.717) is 11.7 Å². The van der Waals surface area contributed by atoms with Crippen LogP contribution in [-0.2, 0) is 13.0 Å². The molecule has 0 aromatic carbocycles. The second kappa shape index (κ2) is 8.82. The lowest BCUT2D eigenvalue weighted by Crippen LogP contribution is -2.45. The van der Waals surface area contributed by atoms with Crippen LogP contribution in [0, 0.1) is 0 Å². The molecule has 1 atom stereocenters. The van der Waals surface area contributed by atoms with Gasteiger partial charge in [-0.1, -0.05) is 0 Å². The lowest BCUT2D eigenvalue weighted by atomic mass is 10.00. The average molecular weight is 391 g/mol. The molecular formula is C19H27ClN6O. The summed E-state index contributed by atoms with van der Waals surface area (Å²) in [6.07, 6.45) is 6.52. The topological polar surface area (TPSA) is 85.9 Å². The molecule has 2 aliphatic rings. The van der Waals surface area contributed by atoms with Gasteiger partial charge < -0.3 is 10.6 Å². The standard InChI is InChI=1S/C19H26N6O.ClH/c1-13(14-2-7-20-8-3-14)25-10-5-15(6-11-25)22-19(26)18-16-12-21-9-4-17(16)23-24-18;/h2-3,7-8,13,15,21H,4-6,9-12H2,1H3,(H,22,26)(H,23,24);1H. The monoisotopic (exact) mass is 390 g/mol. The first-order valence-electron chi connectivity index (χ1n) is 9.44. The summed E-state index contributed by atoms with van der Waals surface area (Å²) in [5.74, 6) is -0.0492. The van der Waals surface area contributed by atoms with Crippen LogP contribution in [0.2, 0.25) is 0 Å². The molecule has 3 N–H and O–H groups in total. The van der Waals surface area contributed by atoms with E-state index in [9.17, 15) is 4.79 Å². The zero-order valence-corrected chi connectivity index (χ0v) is 16.4. The van der Waals surface area contributed by atoms with Crippen LogP contribution in [0.3, 0.4) is 0 Å². The van der Waals surface area contributed by atoms with E-state index in [1.165, 1.54) is 5.56 Å². The highest BCUT2D eigenvalue weighted by atomic mass is 35.5. The van der Waals surface area contributed by atoms with Crippen molar-refractivity contribution in [2.75, 3.05) is 19.6 Å². The van der Waals surface area contributed by atoms with Gasteiger partial charge >= 0.3 is 0 Å². The van der Waals surface area contributed by atoms with Crippen molar-refractivity contribution < 1.29 is 4.79 Å². The van der Waals surface area contributed by atoms with Crippen molar-refractivity contribution in [3.63, 3.8) is 0 Å². The van der Waals surface area contributed by atoms with Gasteiger partial charge in [-0.15, -0.1) is 12.4 Å². The van der Waals surface area contributed by atoms with E-state index < -0.39 is 0 Å². The third-order valence-corrected chi connectivity index (χ3v) is 5.62. The Hall–Kier alpha value is -1.96. The Morgan fingerprint density at radius 1 is 1.30 bits per heavy atom. The zero-order chi connectivity index (χ0) is 17.9. The van der Waals surface area contributed by atoms with Crippen molar-refractivity contribution in [2.24, 2.45) is 0 Å². The van der Waals surface area contributed by atoms with E-state index in [4.69, 9.17) is 0 Å². The number of nitrogens with one attached hydrogen (secondary N) is 3. The van der Waals surface area contributed by atoms with Crippen LogP contribution in [0.1, 0.15) is 53.1 Å². The van der Waals surface area contributed by atoms with E-state index >= 15 is 0 Å². The van der Waals surface area contributed by atoms with Crippen molar-refractivity contribution >= 4 is 18.3 Å². The summed E-state index contributed by atoms with van der Waals surface area (Å²) in [5, 5.41) is 13.8. The van der Waals surface area contributed by atoms with Crippen LogP contribution in [0.25, 0.3) is 0 Å². The van der Waals surface area contributed by atoms with Crippen LogP contribution in [0.15, 0.2) is 24.5 Å². The number of fused-ring (bicyclic) bond motifs is 1.